The lowest BCUT2D eigenvalue weighted by molar-refractivity contribution is 0.0422. The van der Waals surface area contributed by atoms with Crippen molar-refractivity contribution in [2.24, 2.45) is 0 Å². The van der Waals surface area contributed by atoms with Gasteiger partial charge >= 0.3 is 0 Å². The first-order valence-corrected chi connectivity index (χ1v) is 18.5. The number of thioether (sulfide) groups is 1. The minimum atomic E-state index is -4.06. The van der Waals surface area contributed by atoms with Gasteiger partial charge in [-0.2, -0.15) is 4.98 Å². The van der Waals surface area contributed by atoms with Gasteiger partial charge in [-0.1, -0.05) is 115 Å². The van der Waals surface area contributed by atoms with Gasteiger partial charge in [-0.05, 0) is 41.8 Å². The Kier molecular flexibility index (Phi) is 11.3. The second-order valence-corrected chi connectivity index (χ2v) is 14.2. The Labute approximate surface area is 300 Å². The molecule has 0 saturated carbocycles. The molecule has 2 heterocycles. The van der Waals surface area contributed by atoms with Crippen molar-refractivity contribution in [3.63, 3.8) is 0 Å². The van der Waals surface area contributed by atoms with Gasteiger partial charge in [0, 0.05) is 23.7 Å². The van der Waals surface area contributed by atoms with Crippen LogP contribution in [0.2, 0.25) is 0 Å². The van der Waals surface area contributed by atoms with Crippen LogP contribution in [0.25, 0.3) is 0 Å². The van der Waals surface area contributed by atoms with E-state index in [9.17, 15) is 17.2 Å². The lowest BCUT2D eigenvalue weighted by Crippen LogP contribution is -2.36. The summed E-state index contributed by atoms with van der Waals surface area (Å²) in [4.78, 5) is 12.6. The molecule has 8 nitrogen and oxygen atoms in total. The Hall–Kier alpha value is -5.17. The van der Waals surface area contributed by atoms with Crippen molar-refractivity contribution >= 4 is 27.5 Å². The highest BCUT2D eigenvalue weighted by Crippen LogP contribution is 2.40. The van der Waals surface area contributed by atoms with Gasteiger partial charge < -0.3 is 9.47 Å². The van der Waals surface area contributed by atoms with E-state index in [1.807, 2.05) is 54.6 Å². The van der Waals surface area contributed by atoms with Gasteiger partial charge in [-0.3, -0.25) is 9.71 Å². The molecule has 1 atom stereocenters. The monoisotopic (exact) mass is 724 g/mol. The Morgan fingerprint density at radius 3 is 1.98 bits per heavy atom. The number of benzene rings is 4. The standard InChI is InChI=1S/C39H34F2N4O4S2/c1-28(25-48-27-39(30-13-5-2-6-14-30,31-15-7-3-8-16-31)32-17-9-4-10-18-32)49-37-35(45-51(46,47)33-20-22-42-23-21-33)24-43-38(44-37)50-26-29-12-11-19-34(40)36(29)41/h2-24,28,45H,25-27H2,1H3/t28-/m1/s1. The van der Waals surface area contributed by atoms with E-state index in [2.05, 4.69) is 56.1 Å². The van der Waals surface area contributed by atoms with E-state index >= 15 is 0 Å². The second kappa shape index (κ2) is 16.2. The minimum Gasteiger partial charge on any atom is -0.471 e. The molecule has 0 bridgehead atoms. The van der Waals surface area contributed by atoms with Gasteiger partial charge in [-0.25, -0.2) is 22.2 Å². The summed E-state index contributed by atoms with van der Waals surface area (Å²) in [6.07, 6.45) is 3.41. The number of hydrogen-bond acceptors (Lipinski definition) is 8. The van der Waals surface area contributed by atoms with Crippen molar-refractivity contribution in [1.82, 2.24) is 15.0 Å². The summed E-state index contributed by atoms with van der Waals surface area (Å²) in [5.41, 5.74) is 2.63. The predicted octanol–water partition coefficient (Wildman–Crippen LogP) is 8.06. The fourth-order valence-corrected chi connectivity index (χ4v) is 7.43. The Morgan fingerprint density at radius 2 is 1.39 bits per heavy atom. The molecule has 12 heteroatoms. The highest BCUT2D eigenvalue weighted by molar-refractivity contribution is 7.98. The molecule has 0 amide bonds. The number of halogens is 2. The summed E-state index contributed by atoms with van der Waals surface area (Å²) < 4.78 is 69.8. The lowest BCUT2D eigenvalue weighted by Gasteiger charge is -2.36. The first-order chi connectivity index (χ1) is 24.8. The summed E-state index contributed by atoms with van der Waals surface area (Å²) in [7, 11) is -4.06. The molecule has 1 N–H and O–H groups in total. The molecule has 51 heavy (non-hydrogen) atoms. The molecule has 0 radical (unpaired) electrons. The largest absolute Gasteiger partial charge is 0.471 e. The smallest absolute Gasteiger partial charge is 0.262 e. The third-order valence-electron chi connectivity index (χ3n) is 8.11. The number of hydrogen-bond donors (Lipinski definition) is 1. The number of nitrogens with zero attached hydrogens (tertiary/aromatic N) is 3. The van der Waals surface area contributed by atoms with E-state index in [-0.39, 0.29) is 46.1 Å². The zero-order chi connectivity index (χ0) is 35.7. The highest BCUT2D eigenvalue weighted by Gasteiger charge is 2.37. The Bertz CT molecular complexity index is 2050. The molecule has 6 aromatic rings. The van der Waals surface area contributed by atoms with E-state index in [1.165, 1.54) is 42.9 Å². The Morgan fingerprint density at radius 1 is 0.804 bits per heavy atom. The predicted molar refractivity (Wildman–Crippen MR) is 193 cm³/mol. The molecule has 0 saturated heterocycles. The SMILES string of the molecule is C[C@H](COCC(c1ccccc1)(c1ccccc1)c1ccccc1)Oc1nc(SCc2cccc(F)c2F)ncc1NS(=O)(=O)c1ccncc1. The third-order valence-corrected chi connectivity index (χ3v) is 10.4. The van der Waals surface area contributed by atoms with Crippen molar-refractivity contribution in [1.29, 1.82) is 0 Å². The fraction of sp³-hybridized carbons (Fsp3) is 0.154. The van der Waals surface area contributed by atoms with Gasteiger partial charge in [0.1, 0.15) is 11.8 Å². The molecule has 2 aromatic heterocycles. The normalized spacial score (nSPS) is 12.3. The minimum absolute atomic E-state index is 0.00727. The van der Waals surface area contributed by atoms with Crippen molar-refractivity contribution in [3.8, 4) is 5.88 Å². The zero-order valence-electron chi connectivity index (χ0n) is 27.5. The molecule has 0 fully saturated rings. The zero-order valence-corrected chi connectivity index (χ0v) is 29.2. The molecular weight excluding hydrogens is 691 g/mol. The molecule has 0 unspecified atom stereocenters. The number of nitrogens with one attached hydrogen (secondary N) is 1. The van der Waals surface area contributed by atoms with Gasteiger partial charge in [0.25, 0.3) is 10.0 Å². The van der Waals surface area contributed by atoms with Crippen molar-refractivity contribution in [3.05, 3.63) is 174 Å². The number of anilines is 1. The number of sulfonamides is 1. The number of ether oxygens (including phenoxy) is 2. The first-order valence-electron chi connectivity index (χ1n) is 16.0. The molecule has 0 aliphatic carbocycles. The molecule has 4 aromatic carbocycles. The Balaban J connectivity index is 1.26. The quantitative estimate of drug-likeness (QED) is 0.0645. The van der Waals surface area contributed by atoms with Gasteiger partial charge in [0.05, 0.1) is 29.7 Å². The van der Waals surface area contributed by atoms with Crippen molar-refractivity contribution in [2.75, 3.05) is 17.9 Å². The van der Waals surface area contributed by atoms with Crippen LogP contribution in [0.4, 0.5) is 14.5 Å². The van der Waals surface area contributed by atoms with Crippen molar-refractivity contribution < 1.29 is 26.7 Å². The summed E-state index contributed by atoms with van der Waals surface area (Å²) in [5.74, 6) is -1.93. The molecule has 0 aliphatic rings. The van der Waals surface area contributed by atoms with Gasteiger partial charge in [-0.15, -0.1) is 0 Å². The average Bonchev–Trinajstić information content (AvgIpc) is 3.16. The molecule has 0 aliphatic heterocycles. The van der Waals surface area contributed by atoms with E-state index in [0.717, 1.165) is 34.5 Å². The van der Waals surface area contributed by atoms with Crippen LogP contribution in [0, 0.1) is 11.6 Å². The van der Waals surface area contributed by atoms with E-state index in [0.29, 0.717) is 0 Å². The summed E-state index contributed by atoms with van der Waals surface area (Å²) in [6, 6.07) is 37.1. The van der Waals surface area contributed by atoms with Crippen LogP contribution in [-0.2, 0) is 25.9 Å². The van der Waals surface area contributed by atoms with Crippen LogP contribution in [0.3, 0.4) is 0 Å². The van der Waals surface area contributed by atoms with E-state index in [4.69, 9.17) is 9.47 Å². The van der Waals surface area contributed by atoms with Crippen molar-refractivity contribution in [2.45, 2.75) is 34.2 Å². The molecule has 6 rings (SSSR count). The maximum atomic E-state index is 14.3. The number of pyridine rings is 1. The number of rotatable bonds is 15. The molecule has 260 valence electrons. The van der Waals surface area contributed by atoms with Gasteiger partial charge in [0.2, 0.25) is 5.88 Å². The topological polar surface area (TPSA) is 103 Å². The van der Waals surface area contributed by atoms with Crippen LogP contribution in [0.5, 0.6) is 5.88 Å². The summed E-state index contributed by atoms with van der Waals surface area (Å²) >= 11 is 1.05. The lowest BCUT2D eigenvalue weighted by atomic mass is 9.70. The fourth-order valence-electron chi connectivity index (χ4n) is 5.62. The maximum absolute atomic E-state index is 14.3. The number of aromatic nitrogens is 3. The first kappa shape index (κ1) is 35.6. The third kappa shape index (κ3) is 8.42. The van der Waals surface area contributed by atoms with Crippen LogP contribution in [-0.4, -0.2) is 42.7 Å². The second-order valence-electron chi connectivity index (χ2n) is 11.6. The summed E-state index contributed by atoms with van der Waals surface area (Å²) in [6.45, 7) is 2.17. The highest BCUT2D eigenvalue weighted by atomic mass is 32.2. The molecular formula is C39H34F2N4O4S2. The maximum Gasteiger partial charge on any atom is 0.262 e. The van der Waals surface area contributed by atoms with Gasteiger partial charge in [0.15, 0.2) is 16.8 Å². The van der Waals surface area contributed by atoms with E-state index in [1.54, 1.807) is 6.92 Å². The van der Waals surface area contributed by atoms with Crippen LogP contribution in [0.1, 0.15) is 29.2 Å². The van der Waals surface area contributed by atoms with Crippen LogP contribution < -0.4 is 9.46 Å². The molecule has 0 spiro atoms. The van der Waals surface area contributed by atoms with Crippen LogP contribution in [0.15, 0.2) is 150 Å². The van der Waals surface area contributed by atoms with E-state index < -0.39 is 33.2 Å². The summed E-state index contributed by atoms with van der Waals surface area (Å²) in [5, 5.41) is 0.171. The average molecular weight is 725 g/mol. The van der Waals surface area contributed by atoms with Crippen LogP contribution >= 0.6 is 11.8 Å².